The van der Waals surface area contributed by atoms with Gasteiger partial charge in [-0.3, -0.25) is 0 Å². The van der Waals surface area contributed by atoms with E-state index >= 15 is 0 Å². The highest BCUT2D eigenvalue weighted by Gasteiger charge is 2.10. The Morgan fingerprint density at radius 1 is 1.04 bits per heavy atom. The molecule has 118 valence electrons. The van der Waals surface area contributed by atoms with Gasteiger partial charge in [0.15, 0.2) is 0 Å². The number of hydrogen-bond donors (Lipinski definition) is 1. The van der Waals surface area contributed by atoms with Crippen LogP contribution in [0.5, 0.6) is 0 Å². The normalized spacial score (nSPS) is 11.0. The fraction of sp³-hybridized carbons (Fsp3) is 0.222. The Bertz CT molecular complexity index is 781. The first-order valence-corrected chi connectivity index (χ1v) is 7.54. The van der Waals surface area contributed by atoms with Crippen LogP contribution in [0.25, 0.3) is 11.5 Å². The zero-order valence-electron chi connectivity index (χ0n) is 13.1. The van der Waals surface area contributed by atoms with Gasteiger partial charge < -0.3 is 9.73 Å². The van der Waals surface area contributed by atoms with Crippen molar-refractivity contribution in [2.75, 3.05) is 5.32 Å². The average molecular weight is 311 g/mol. The molecule has 0 fully saturated rings. The van der Waals surface area contributed by atoms with Crippen LogP contribution < -0.4 is 5.32 Å². The minimum Gasteiger partial charge on any atom is -0.419 e. The molecule has 1 aromatic heterocycles. The van der Waals surface area contributed by atoms with Crippen LogP contribution in [0.15, 0.2) is 52.9 Å². The van der Waals surface area contributed by atoms with Crippen molar-refractivity contribution in [1.29, 1.82) is 0 Å². The molecule has 23 heavy (non-hydrogen) atoms. The summed E-state index contributed by atoms with van der Waals surface area (Å²) in [4.78, 5) is 0. The first-order valence-electron chi connectivity index (χ1n) is 7.54. The standard InChI is InChI=1S/C18H18FN3O/c1-12(2)15-5-3-4-6-16(15)20-11-17-21-22-18(23-17)13-7-9-14(19)10-8-13/h3-10,12,20H,11H2,1-2H3. The van der Waals surface area contributed by atoms with Crippen LogP contribution >= 0.6 is 0 Å². The number of halogens is 1. The second-order valence-electron chi connectivity index (χ2n) is 5.60. The summed E-state index contributed by atoms with van der Waals surface area (Å²) in [5, 5.41) is 11.4. The largest absolute Gasteiger partial charge is 0.419 e. The molecule has 0 amide bonds. The third-order valence-electron chi connectivity index (χ3n) is 3.57. The molecule has 0 radical (unpaired) electrons. The molecule has 0 aliphatic rings. The lowest BCUT2D eigenvalue weighted by Gasteiger charge is -2.13. The quantitative estimate of drug-likeness (QED) is 0.747. The summed E-state index contributed by atoms with van der Waals surface area (Å²) < 4.78 is 18.6. The van der Waals surface area contributed by atoms with Crippen molar-refractivity contribution in [3.63, 3.8) is 0 Å². The Morgan fingerprint density at radius 3 is 2.52 bits per heavy atom. The highest BCUT2D eigenvalue weighted by molar-refractivity contribution is 5.53. The zero-order chi connectivity index (χ0) is 16.2. The van der Waals surface area contributed by atoms with Crippen molar-refractivity contribution >= 4 is 5.69 Å². The minimum atomic E-state index is -0.291. The maximum absolute atomic E-state index is 12.9. The summed E-state index contributed by atoms with van der Waals surface area (Å²) in [6.07, 6.45) is 0. The Hall–Kier alpha value is -2.69. The number of nitrogens with zero attached hydrogens (tertiary/aromatic N) is 2. The summed E-state index contributed by atoms with van der Waals surface area (Å²) in [6, 6.07) is 14.1. The highest BCUT2D eigenvalue weighted by atomic mass is 19.1. The van der Waals surface area contributed by atoms with Crippen LogP contribution in [0.1, 0.15) is 31.2 Å². The molecule has 0 bridgehead atoms. The summed E-state index contributed by atoms with van der Waals surface area (Å²) in [6.45, 7) is 4.75. The van der Waals surface area contributed by atoms with E-state index < -0.39 is 0 Å². The lowest BCUT2D eigenvalue weighted by Crippen LogP contribution is -2.03. The summed E-state index contributed by atoms with van der Waals surface area (Å²) in [5.74, 6) is 1.01. The third-order valence-corrected chi connectivity index (χ3v) is 3.57. The van der Waals surface area contributed by atoms with E-state index in [1.54, 1.807) is 12.1 Å². The molecular weight excluding hydrogens is 293 g/mol. The maximum Gasteiger partial charge on any atom is 0.247 e. The van der Waals surface area contributed by atoms with E-state index in [4.69, 9.17) is 4.42 Å². The van der Waals surface area contributed by atoms with Crippen molar-refractivity contribution in [3.05, 3.63) is 65.8 Å². The minimum absolute atomic E-state index is 0.291. The second-order valence-corrected chi connectivity index (χ2v) is 5.60. The highest BCUT2D eigenvalue weighted by Crippen LogP contribution is 2.24. The van der Waals surface area contributed by atoms with Gasteiger partial charge in [-0.2, -0.15) is 0 Å². The Kier molecular flexibility index (Phi) is 4.37. The lowest BCUT2D eigenvalue weighted by atomic mass is 10.0. The molecule has 4 nitrogen and oxygen atoms in total. The molecular formula is C18H18FN3O. The van der Waals surface area contributed by atoms with Gasteiger partial charge in [-0.25, -0.2) is 4.39 Å². The van der Waals surface area contributed by atoms with Crippen molar-refractivity contribution in [2.45, 2.75) is 26.3 Å². The lowest BCUT2D eigenvalue weighted by molar-refractivity contribution is 0.514. The van der Waals surface area contributed by atoms with Crippen molar-refractivity contribution in [1.82, 2.24) is 10.2 Å². The first kappa shape index (κ1) is 15.2. The van der Waals surface area contributed by atoms with Crippen molar-refractivity contribution in [3.8, 4) is 11.5 Å². The number of rotatable bonds is 5. The van der Waals surface area contributed by atoms with Gasteiger partial charge in [0.2, 0.25) is 11.8 Å². The van der Waals surface area contributed by atoms with Gasteiger partial charge in [0, 0.05) is 11.3 Å². The number of aromatic nitrogens is 2. The predicted octanol–water partition coefficient (Wildman–Crippen LogP) is 4.61. The molecule has 0 spiro atoms. The van der Waals surface area contributed by atoms with Gasteiger partial charge >= 0.3 is 0 Å². The monoisotopic (exact) mass is 311 g/mol. The van der Waals surface area contributed by atoms with E-state index in [9.17, 15) is 4.39 Å². The summed E-state index contributed by atoms with van der Waals surface area (Å²) >= 11 is 0. The van der Waals surface area contributed by atoms with Gasteiger partial charge in [-0.1, -0.05) is 32.0 Å². The summed E-state index contributed by atoms with van der Waals surface area (Å²) in [5.41, 5.74) is 3.00. The molecule has 1 N–H and O–H groups in total. The van der Waals surface area contributed by atoms with Gasteiger partial charge in [-0.05, 0) is 41.8 Å². The van der Waals surface area contributed by atoms with Crippen molar-refractivity contribution in [2.24, 2.45) is 0 Å². The van der Waals surface area contributed by atoms with E-state index in [0.717, 1.165) is 5.69 Å². The van der Waals surface area contributed by atoms with E-state index in [2.05, 4.69) is 35.4 Å². The van der Waals surface area contributed by atoms with E-state index in [0.29, 0.717) is 29.8 Å². The molecule has 0 aliphatic carbocycles. The smallest absolute Gasteiger partial charge is 0.247 e. The summed E-state index contributed by atoms with van der Waals surface area (Å²) in [7, 11) is 0. The van der Waals surface area contributed by atoms with Crippen LogP contribution in [0, 0.1) is 5.82 Å². The van der Waals surface area contributed by atoms with E-state index in [1.165, 1.54) is 17.7 Å². The number of benzene rings is 2. The predicted molar refractivity (Wildman–Crippen MR) is 87.5 cm³/mol. The fourth-order valence-electron chi connectivity index (χ4n) is 2.37. The van der Waals surface area contributed by atoms with Crippen LogP contribution in [0.2, 0.25) is 0 Å². The molecule has 0 saturated carbocycles. The molecule has 0 unspecified atom stereocenters. The molecule has 1 heterocycles. The molecule has 2 aromatic carbocycles. The van der Waals surface area contributed by atoms with Crippen LogP contribution in [-0.4, -0.2) is 10.2 Å². The Balaban J connectivity index is 1.72. The molecule has 0 saturated heterocycles. The molecule has 3 rings (SSSR count). The Labute approximate surface area is 134 Å². The van der Waals surface area contributed by atoms with Crippen LogP contribution in [0.3, 0.4) is 0 Å². The number of hydrogen-bond acceptors (Lipinski definition) is 4. The zero-order valence-corrected chi connectivity index (χ0v) is 13.1. The molecule has 0 atom stereocenters. The maximum atomic E-state index is 12.9. The van der Waals surface area contributed by atoms with Gasteiger partial charge in [0.05, 0.1) is 6.54 Å². The molecule has 5 heteroatoms. The van der Waals surface area contributed by atoms with Gasteiger partial charge in [0.25, 0.3) is 0 Å². The Morgan fingerprint density at radius 2 is 1.78 bits per heavy atom. The fourth-order valence-corrected chi connectivity index (χ4v) is 2.37. The molecule has 0 aliphatic heterocycles. The van der Waals surface area contributed by atoms with Gasteiger partial charge in [0.1, 0.15) is 5.82 Å². The van der Waals surface area contributed by atoms with E-state index in [-0.39, 0.29) is 5.82 Å². The van der Waals surface area contributed by atoms with Gasteiger partial charge in [-0.15, -0.1) is 10.2 Å². The SMILES string of the molecule is CC(C)c1ccccc1NCc1nnc(-c2ccc(F)cc2)o1. The average Bonchev–Trinajstić information content (AvgIpc) is 3.03. The van der Waals surface area contributed by atoms with E-state index in [1.807, 2.05) is 18.2 Å². The number of anilines is 1. The third kappa shape index (κ3) is 3.56. The number of para-hydroxylation sites is 1. The van der Waals surface area contributed by atoms with Crippen molar-refractivity contribution < 1.29 is 8.81 Å². The molecule has 3 aromatic rings. The first-order chi connectivity index (χ1) is 11.1. The van der Waals surface area contributed by atoms with Crippen LogP contribution in [-0.2, 0) is 6.54 Å². The topological polar surface area (TPSA) is 51.0 Å². The van der Waals surface area contributed by atoms with Crippen LogP contribution in [0.4, 0.5) is 10.1 Å². The number of nitrogens with one attached hydrogen (secondary N) is 1. The second kappa shape index (κ2) is 6.60.